The lowest BCUT2D eigenvalue weighted by atomic mass is 10.1. The molecule has 0 amide bonds. The van der Waals surface area contributed by atoms with Gasteiger partial charge in [0.15, 0.2) is 12.4 Å². The highest BCUT2D eigenvalue weighted by atomic mass is 15.2. The van der Waals surface area contributed by atoms with Crippen LogP contribution in [0.2, 0.25) is 0 Å². The van der Waals surface area contributed by atoms with Crippen LogP contribution >= 0.6 is 0 Å². The number of hydrogen-bond acceptors (Lipinski definition) is 4. The molecule has 0 unspecified atom stereocenters. The van der Waals surface area contributed by atoms with Crippen LogP contribution in [-0.4, -0.2) is 69.5 Å². The van der Waals surface area contributed by atoms with Crippen LogP contribution in [-0.2, 0) is 28.2 Å². The monoisotopic (exact) mass is 567 g/mol. The first-order chi connectivity index (χ1) is 19.9. The minimum absolute atomic E-state index is 0.941. The number of aromatic nitrogens is 7. The van der Waals surface area contributed by atoms with Crippen molar-refractivity contribution in [2.24, 2.45) is 33.2 Å². The van der Waals surface area contributed by atoms with E-state index in [1.54, 1.807) is 18.9 Å². The lowest BCUT2D eigenvalue weighted by Crippen LogP contribution is -2.25. The number of aromatic amines is 2. The first kappa shape index (κ1) is 37.0. The third-order valence-corrected chi connectivity index (χ3v) is 5.34. The van der Waals surface area contributed by atoms with Gasteiger partial charge in [0.1, 0.15) is 19.4 Å². The molecular weight excluding hydrogens is 512 g/mol. The van der Waals surface area contributed by atoms with E-state index >= 15 is 0 Å². The molecule has 0 spiro atoms. The number of imidazole rings is 1. The van der Waals surface area contributed by atoms with Crippen LogP contribution in [0.15, 0.2) is 104 Å². The van der Waals surface area contributed by atoms with Gasteiger partial charge in [-0.3, -0.25) is 9.98 Å². The van der Waals surface area contributed by atoms with Crippen molar-refractivity contribution in [2.45, 2.75) is 33.1 Å². The van der Waals surface area contributed by atoms with Crippen LogP contribution in [0.1, 0.15) is 33.1 Å². The van der Waals surface area contributed by atoms with E-state index in [0.29, 0.717) is 0 Å². The zero-order valence-electron chi connectivity index (χ0n) is 26.6. The van der Waals surface area contributed by atoms with E-state index in [-0.39, 0.29) is 0 Å². The summed E-state index contributed by atoms with van der Waals surface area (Å²) in [7, 11) is 12.1. The molecule has 41 heavy (non-hydrogen) atoms. The number of piperidine rings is 1. The maximum absolute atomic E-state index is 3.88. The number of aryl methyl sites for hydroxylation is 4. The Bertz CT molecular complexity index is 991. The number of aliphatic imine (C=N–C) groups is 1. The Kier molecular flexibility index (Phi) is 23.6. The van der Waals surface area contributed by atoms with Gasteiger partial charge in [-0.2, -0.15) is 0 Å². The Hall–Kier alpha value is -4.05. The van der Waals surface area contributed by atoms with E-state index in [4.69, 9.17) is 0 Å². The molecule has 226 valence electrons. The minimum Gasteiger partial charge on any atom is -0.374 e. The van der Waals surface area contributed by atoms with Crippen molar-refractivity contribution in [3.8, 4) is 0 Å². The Morgan fingerprint density at radius 1 is 0.732 bits per heavy atom. The van der Waals surface area contributed by atoms with Gasteiger partial charge in [-0.15, -0.1) is 5.10 Å². The maximum atomic E-state index is 3.88. The van der Waals surface area contributed by atoms with Gasteiger partial charge in [0.25, 0.3) is 6.33 Å². The van der Waals surface area contributed by atoms with Gasteiger partial charge >= 0.3 is 0 Å². The third-order valence-electron chi connectivity index (χ3n) is 5.34. The molecule has 0 radical (unpaired) electrons. The van der Waals surface area contributed by atoms with Crippen LogP contribution < -0.4 is 13.7 Å². The standard InChI is InChI=1S/C6H13N.C6H8N.C5H8N2.C5H7N.C4H6N2.C3H5N3.C2H6/c2*1-7-5-3-2-4-6-7;1-7-4-2-6-3-5-7;1-6-4-2-3-5-6;1-6-3-2-5-4-6;1-6-2-4-5-3-6;1-2/h2-6H2,1H3;2-6H,1H3;2-4H,5H2,1H3;2-5H,1H3;2-4H,1H3;2-3H,1H3;1-2H3/q;+1;;;;;/p+2. The smallest absolute Gasteiger partial charge is 0.264 e. The molecule has 6 heterocycles. The lowest BCUT2D eigenvalue weighted by Gasteiger charge is -2.20. The fraction of sp³-hybridized carbons (Fsp3) is 0.452. The topological polar surface area (TPSA) is 79.9 Å². The Balaban J connectivity index is 0.000000463. The van der Waals surface area contributed by atoms with Gasteiger partial charge < -0.3 is 14.4 Å². The first-order valence-corrected chi connectivity index (χ1v) is 14.2. The summed E-state index contributed by atoms with van der Waals surface area (Å²) >= 11 is 0. The van der Waals surface area contributed by atoms with Crippen LogP contribution in [0.25, 0.3) is 0 Å². The number of likely N-dealkylation sites (tertiary alicyclic amines) is 1. The van der Waals surface area contributed by atoms with Crippen molar-refractivity contribution < 1.29 is 13.7 Å². The molecule has 4 aromatic rings. The van der Waals surface area contributed by atoms with Gasteiger partial charge in [-0.25, -0.2) is 13.7 Å². The molecule has 2 aliphatic heterocycles. The quantitative estimate of drug-likeness (QED) is 0.320. The molecule has 0 aliphatic carbocycles. The molecule has 6 rings (SSSR count). The Morgan fingerprint density at radius 2 is 1.39 bits per heavy atom. The Labute approximate surface area is 248 Å². The predicted molar refractivity (Wildman–Crippen MR) is 168 cm³/mol. The molecule has 1 saturated heterocycles. The highest BCUT2D eigenvalue weighted by molar-refractivity contribution is 5.61. The highest BCUT2D eigenvalue weighted by Gasteiger charge is 2.02. The molecule has 0 bridgehead atoms. The van der Waals surface area contributed by atoms with E-state index in [2.05, 4.69) is 37.0 Å². The van der Waals surface area contributed by atoms with Crippen molar-refractivity contribution in [1.29, 1.82) is 0 Å². The number of rotatable bonds is 0. The van der Waals surface area contributed by atoms with Crippen LogP contribution in [0.5, 0.6) is 0 Å². The highest BCUT2D eigenvalue weighted by Crippen LogP contribution is 2.04. The van der Waals surface area contributed by atoms with Crippen molar-refractivity contribution in [3.63, 3.8) is 0 Å². The fourth-order valence-corrected chi connectivity index (χ4v) is 3.05. The maximum Gasteiger partial charge on any atom is 0.264 e. The minimum atomic E-state index is 0.941. The van der Waals surface area contributed by atoms with Crippen molar-refractivity contribution in [1.82, 2.24) is 29.5 Å². The number of pyridine rings is 1. The number of hydrogen-bond donors (Lipinski definition) is 2. The lowest BCUT2D eigenvalue weighted by molar-refractivity contribution is -0.671. The zero-order valence-corrected chi connectivity index (χ0v) is 26.6. The van der Waals surface area contributed by atoms with Gasteiger partial charge in [-0.1, -0.05) is 26.3 Å². The SMILES string of the molecule is CC.CN1C=CN=CC1.CN1CCCCC1.C[n+]1cc[nH]c1.C[n+]1ccccc1.C[n+]1cn[nH]c1.Cn1cccc1. The molecule has 0 atom stereocenters. The average Bonchev–Trinajstić information content (AvgIpc) is 3.79. The largest absolute Gasteiger partial charge is 0.374 e. The molecule has 0 saturated carbocycles. The van der Waals surface area contributed by atoms with Gasteiger partial charge in [-0.05, 0) is 45.1 Å². The van der Waals surface area contributed by atoms with E-state index in [0.717, 1.165) is 6.54 Å². The van der Waals surface area contributed by atoms with Crippen LogP contribution in [0, 0.1) is 0 Å². The second-order valence-electron chi connectivity index (χ2n) is 9.27. The normalized spacial score (nSPS) is 12.9. The summed E-state index contributed by atoms with van der Waals surface area (Å²) in [6.45, 7) is 7.58. The number of H-pyrrole nitrogens is 2. The van der Waals surface area contributed by atoms with E-state index in [1.165, 1.54) is 32.4 Å². The summed E-state index contributed by atoms with van der Waals surface area (Å²) < 4.78 is 7.78. The summed E-state index contributed by atoms with van der Waals surface area (Å²) in [5, 5.41) is 6.30. The first-order valence-electron chi connectivity index (χ1n) is 14.2. The number of nitrogens with one attached hydrogen (secondary N) is 2. The molecule has 2 aliphatic rings. The average molecular weight is 568 g/mol. The van der Waals surface area contributed by atoms with Gasteiger partial charge in [0.2, 0.25) is 12.7 Å². The second kappa shape index (κ2) is 26.2. The fourth-order valence-electron chi connectivity index (χ4n) is 3.05. The summed E-state index contributed by atoms with van der Waals surface area (Å²) in [5.74, 6) is 0. The van der Waals surface area contributed by atoms with Crippen molar-refractivity contribution >= 4 is 6.21 Å². The Morgan fingerprint density at radius 3 is 1.61 bits per heavy atom. The second-order valence-corrected chi connectivity index (χ2v) is 9.27. The molecule has 10 nitrogen and oxygen atoms in total. The summed E-state index contributed by atoms with van der Waals surface area (Å²) in [4.78, 5) is 11.2. The molecule has 1 fully saturated rings. The molecule has 10 heteroatoms. The van der Waals surface area contributed by atoms with Crippen LogP contribution in [0.3, 0.4) is 0 Å². The molecular formula is C31H55N10+3. The van der Waals surface area contributed by atoms with Crippen molar-refractivity contribution in [2.75, 3.05) is 33.7 Å². The molecule has 4 aromatic heterocycles. The van der Waals surface area contributed by atoms with Crippen molar-refractivity contribution in [3.05, 3.63) is 98.9 Å². The van der Waals surface area contributed by atoms with E-state index in [9.17, 15) is 0 Å². The summed E-state index contributed by atoms with van der Waals surface area (Å²) in [6.07, 6.45) is 27.0. The number of nitrogens with zero attached hydrogens (tertiary/aromatic N) is 8. The summed E-state index contributed by atoms with van der Waals surface area (Å²) in [6, 6.07) is 10.0. The predicted octanol–water partition coefficient (Wildman–Crippen LogP) is 3.21. The van der Waals surface area contributed by atoms with Crippen LogP contribution in [0.4, 0.5) is 0 Å². The molecule has 2 N–H and O–H groups in total. The van der Waals surface area contributed by atoms with Gasteiger partial charge in [0, 0.05) is 62.3 Å². The third kappa shape index (κ3) is 24.7. The van der Waals surface area contributed by atoms with E-state index < -0.39 is 0 Å². The van der Waals surface area contributed by atoms with Gasteiger partial charge in [0.05, 0.1) is 20.6 Å². The zero-order chi connectivity index (χ0) is 30.6. The van der Waals surface area contributed by atoms with E-state index in [1.807, 2.05) is 154 Å². The molecule has 0 aromatic carbocycles. The summed E-state index contributed by atoms with van der Waals surface area (Å²) in [5.41, 5.74) is 0.